The Morgan fingerprint density at radius 1 is 1.37 bits per heavy atom. The van der Waals surface area contributed by atoms with Crippen LogP contribution in [0.5, 0.6) is 0 Å². The first-order chi connectivity index (χ1) is 13.0. The molecule has 1 saturated heterocycles. The Morgan fingerprint density at radius 2 is 2.11 bits per heavy atom. The zero-order chi connectivity index (χ0) is 19.4. The number of thioether (sulfide) groups is 1. The van der Waals surface area contributed by atoms with E-state index in [4.69, 9.17) is 12.2 Å². The highest BCUT2D eigenvalue weighted by Gasteiger charge is 2.31. The van der Waals surface area contributed by atoms with Gasteiger partial charge in [-0.2, -0.15) is 0 Å². The molecule has 2 aromatic rings. The minimum atomic E-state index is -0.467. The number of aromatic nitrogens is 2. The maximum Gasteiger partial charge on any atom is 0.283 e. The van der Waals surface area contributed by atoms with Crippen LogP contribution in [0.3, 0.4) is 0 Å². The van der Waals surface area contributed by atoms with E-state index in [1.807, 2.05) is 0 Å². The summed E-state index contributed by atoms with van der Waals surface area (Å²) >= 11 is 7.46. The number of nitrogens with zero attached hydrogens (tertiary/aromatic N) is 4. The standard InChI is InChI=1S/C17H12N4O3S3/c1-2-8-20-15(22)14(27-17(20)25)10-11-4-5-13(12(9-11)21(23)24)26-16-18-6-3-7-19-16/h2-7,9-10H,1,8H2/b14-10+. The topological polar surface area (TPSA) is 89.2 Å². The third kappa shape index (κ3) is 4.41. The summed E-state index contributed by atoms with van der Waals surface area (Å²) in [6.45, 7) is 3.94. The second-order valence-corrected chi connectivity index (χ2v) is 7.88. The Bertz CT molecular complexity index is 963. The van der Waals surface area contributed by atoms with Gasteiger partial charge in [0.05, 0.1) is 14.7 Å². The van der Waals surface area contributed by atoms with Crippen LogP contribution >= 0.6 is 35.7 Å². The summed E-state index contributed by atoms with van der Waals surface area (Å²) in [5.74, 6) is -0.233. The Labute approximate surface area is 168 Å². The third-order valence-electron chi connectivity index (χ3n) is 3.41. The maximum atomic E-state index is 12.4. The molecule has 0 spiro atoms. The molecule has 1 fully saturated rings. The number of hydrogen-bond acceptors (Lipinski definition) is 8. The molecule has 0 unspecified atom stereocenters. The summed E-state index contributed by atoms with van der Waals surface area (Å²) in [5.41, 5.74) is 0.460. The minimum Gasteiger partial charge on any atom is -0.289 e. The largest absolute Gasteiger partial charge is 0.289 e. The Morgan fingerprint density at radius 3 is 2.78 bits per heavy atom. The molecule has 0 bridgehead atoms. The number of thiocarbonyl (C=S) groups is 1. The summed E-state index contributed by atoms with van der Waals surface area (Å²) in [6, 6.07) is 6.42. The molecule has 1 aliphatic rings. The van der Waals surface area contributed by atoms with Crippen molar-refractivity contribution in [1.82, 2.24) is 14.9 Å². The van der Waals surface area contributed by atoms with Crippen molar-refractivity contribution in [3.8, 4) is 0 Å². The highest BCUT2D eigenvalue weighted by molar-refractivity contribution is 8.26. The quantitative estimate of drug-likeness (QED) is 0.175. The average molecular weight is 417 g/mol. The van der Waals surface area contributed by atoms with Crippen LogP contribution in [0.4, 0.5) is 5.69 Å². The van der Waals surface area contributed by atoms with E-state index in [-0.39, 0.29) is 11.6 Å². The number of rotatable bonds is 6. The molecule has 3 rings (SSSR count). The predicted octanol–water partition coefficient (Wildman–Crippen LogP) is 3.92. The smallest absolute Gasteiger partial charge is 0.283 e. The van der Waals surface area contributed by atoms with E-state index < -0.39 is 4.92 Å². The van der Waals surface area contributed by atoms with Crippen molar-refractivity contribution in [1.29, 1.82) is 0 Å². The van der Waals surface area contributed by atoms with Gasteiger partial charge in [-0.05, 0) is 35.5 Å². The van der Waals surface area contributed by atoms with E-state index in [9.17, 15) is 14.9 Å². The first kappa shape index (κ1) is 19.2. The van der Waals surface area contributed by atoms with Crippen LogP contribution < -0.4 is 0 Å². The van der Waals surface area contributed by atoms with Gasteiger partial charge < -0.3 is 0 Å². The van der Waals surface area contributed by atoms with Crippen LogP contribution in [0, 0.1) is 10.1 Å². The van der Waals surface area contributed by atoms with Gasteiger partial charge in [0, 0.05) is 25.0 Å². The fourth-order valence-corrected chi connectivity index (χ4v) is 4.30. The Kier molecular flexibility index (Phi) is 5.99. The number of carbonyl (C=O) groups is 1. The monoisotopic (exact) mass is 416 g/mol. The van der Waals surface area contributed by atoms with Crippen molar-refractivity contribution in [3.05, 3.63) is 69.9 Å². The zero-order valence-corrected chi connectivity index (χ0v) is 16.2. The van der Waals surface area contributed by atoms with Gasteiger partial charge in [0.1, 0.15) is 4.32 Å². The SMILES string of the molecule is C=CCN1C(=O)/C(=C\c2ccc(Sc3ncccn3)c([N+](=O)[O-])c2)SC1=S. The Balaban J connectivity index is 1.90. The van der Waals surface area contributed by atoms with E-state index in [1.54, 1.807) is 42.7 Å². The Hall–Kier alpha value is -2.56. The van der Waals surface area contributed by atoms with Gasteiger partial charge in [0.15, 0.2) is 5.16 Å². The minimum absolute atomic E-state index is 0.0808. The number of hydrogen-bond donors (Lipinski definition) is 0. The number of nitro benzene ring substituents is 1. The highest BCUT2D eigenvalue weighted by atomic mass is 32.2. The van der Waals surface area contributed by atoms with Crippen LogP contribution in [-0.4, -0.2) is 36.6 Å². The van der Waals surface area contributed by atoms with E-state index in [0.29, 0.717) is 31.4 Å². The summed E-state index contributed by atoms with van der Waals surface area (Å²) in [5, 5.41) is 11.9. The molecule has 10 heteroatoms. The van der Waals surface area contributed by atoms with Crippen LogP contribution in [0.2, 0.25) is 0 Å². The molecule has 0 aliphatic carbocycles. The van der Waals surface area contributed by atoms with E-state index in [1.165, 1.54) is 11.0 Å². The van der Waals surface area contributed by atoms with Gasteiger partial charge in [0.2, 0.25) is 0 Å². The van der Waals surface area contributed by atoms with Crippen LogP contribution in [0.15, 0.2) is 64.3 Å². The fraction of sp³-hybridized carbons (Fsp3) is 0.0588. The number of nitro groups is 1. The van der Waals surface area contributed by atoms with Gasteiger partial charge in [-0.25, -0.2) is 9.97 Å². The van der Waals surface area contributed by atoms with Gasteiger partial charge >= 0.3 is 0 Å². The normalized spacial score (nSPS) is 15.4. The molecule has 7 nitrogen and oxygen atoms in total. The third-order valence-corrected chi connectivity index (χ3v) is 5.74. The summed E-state index contributed by atoms with van der Waals surface area (Å²) in [4.78, 5) is 33.8. The summed E-state index contributed by atoms with van der Waals surface area (Å²) < 4.78 is 0.439. The molecular weight excluding hydrogens is 404 g/mol. The van der Waals surface area contributed by atoms with Crippen molar-refractivity contribution < 1.29 is 9.72 Å². The van der Waals surface area contributed by atoms with Crippen molar-refractivity contribution >= 4 is 57.7 Å². The lowest BCUT2D eigenvalue weighted by Gasteiger charge is -2.10. The fourth-order valence-electron chi connectivity index (χ4n) is 2.23. The van der Waals surface area contributed by atoms with Crippen molar-refractivity contribution in [2.45, 2.75) is 10.1 Å². The molecular formula is C17H12N4O3S3. The highest BCUT2D eigenvalue weighted by Crippen LogP contribution is 2.36. The van der Waals surface area contributed by atoms with E-state index in [2.05, 4.69) is 16.5 Å². The molecule has 27 heavy (non-hydrogen) atoms. The van der Waals surface area contributed by atoms with Gasteiger partial charge in [-0.1, -0.05) is 36.1 Å². The lowest BCUT2D eigenvalue weighted by atomic mass is 10.2. The number of amides is 1. The predicted molar refractivity (Wildman–Crippen MR) is 109 cm³/mol. The first-order valence-electron chi connectivity index (χ1n) is 7.59. The van der Waals surface area contributed by atoms with Crippen molar-refractivity contribution in [3.63, 3.8) is 0 Å². The van der Waals surface area contributed by atoms with Gasteiger partial charge in [-0.3, -0.25) is 19.8 Å². The van der Waals surface area contributed by atoms with E-state index in [0.717, 1.165) is 23.5 Å². The maximum absolute atomic E-state index is 12.4. The zero-order valence-electron chi connectivity index (χ0n) is 13.8. The lowest BCUT2D eigenvalue weighted by Crippen LogP contribution is -2.27. The molecule has 0 atom stereocenters. The van der Waals surface area contributed by atoms with E-state index >= 15 is 0 Å². The van der Waals surface area contributed by atoms with Crippen LogP contribution in [-0.2, 0) is 4.79 Å². The number of carbonyl (C=O) groups excluding carboxylic acids is 1. The van der Waals surface area contributed by atoms with Crippen molar-refractivity contribution in [2.24, 2.45) is 0 Å². The molecule has 0 N–H and O–H groups in total. The second-order valence-electron chi connectivity index (χ2n) is 5.20. The number of benzene rings is 1. The summed E-state index contributed by atoms with van der Waals surface area (Å²) in [7, 11) is 0. The molecule has 1 aromatic carbocycles. The lowest BCUT2D eigenvalue weighted by molar-refractivity contribution is -0.387. The molecule has 0 saturated carbocycles. The molecule has 136 valence electrons. The van der Waals surface area contributed by atoms with Gasteiger partial charge in [0.25, 0.3) is 11.6 Å². The molecule has 0 radical (unpaired) electrons. The molecule has 1 aromatic heterocycles. The average Bonchev–Trinajstić information content (AvgIpc) is 2.91. The molecule has 2 heterocycles. The van der Waals surface area contributed by atoms with Crippen molar-refractivity contribution in [2.75, 3.05) is 6.54 Å². The molecule has 1 aliphatic heterocycles. The molecule has 1 amide bonds. The second kappa shape index (κ2) is 8.42. The summed E-state index contributed by atoms with van der Waals surface area (Å²) in [6.07, 6.45) is 6.33. The van der Waals surface area contributed by atoms with Crippen LogP contribution in [0.25, 0.3) is 6.08 Å². The van der Waals surface area contributed by atoms with Crippen LogP contribution in [0.1, 0.15) is 5.56 Å². The first-order valence-corrected chi connectivity index (χ1v) is 9.63. The van der Waals surface area contributed by atoms with Gasteiger partial charge in [-0.15, -0.1) is 6.58 Å².